The second-order valence-electron chi connectivity index (χ2n) is 5.94. The van der Waals surface area contributed by atoms with Crippen molar-refractivity contribution >= 4 is 55.5 Å². The van der Waals surface area contributed by atoms with E-state index in [1.54, 1.807) is 18.2 Å². The molecule has 0 heterocycles. The van der Waals surface area contributed by atoms with Crippen LogP contribution in [0.3, 0.4) is 0 Å². The molecule has 8 heteroatoms. The molecule has 0 fully saturated rings. The molecule has 144 valence electrons. The Labute approximate surface area is 179 Å². The minimum absolute atomic E-state index is 0.0713. The molecule has 28 heavy (non-hydrogen) atoms. The van der Waals surface area contributed by atoms with E-state index in [2.05, 4.69) is 37.2 Å². The average Bonchev–Trinajstić information content (AvgIpc) is 2.61. The Bertz CT molecular complexity index is 987. The predicted octanol–water partition coefficient (Wildman–Crippen LogP) is 4.84. The van der Waals surface area contributed by atoms with Gasteiger partial charge in [-0.15, -0.1) is 0 Å². The zero-order valence-corrected chi connectivity index (χ0v) is 18.2. The summed E-state index contributed by atoms with van der Waals surface area (Å²) in [6.07, 6.45) is 1.44. The number of benzene rings is 2. The van der Waals surface area contributed by atoms with E-state index < -0.39 is 18.5 Å². The number of hydrogen-bond donors (Lipinski definition) is 2. The molecule has 0 bridgehead atoms. The van der Waals surface area contributed by atoms with Crippen LogP contribution in [0, 0.1) is 25.2 Å². The summed E-state index contributed by atoms with van der Waals surface area (Å²) < 4.78 is 6.18. The number of nitrogens with zero attached hydrogens (tertiary/aromatic N) is 1. The van der Waals surface area contributed by atoms with E-state index in [1.807, 2.05) is 32.0 Å². The fourth-order valence-electron chi connectivity index (χ4n) is 2.39. The molecular weight excluding hydrogens is 492 g/mol. The van der Waals surface area contributed by atoms with E-state index >= 15 is 0 Å². The minimum Gasteiger partial charge on any atom is -0.480 e. The van der Waals surface area contributed by atoms with Crippen LogP contribution in [-0.2, 0) is 9.59 Å². The van der Waals surface area contributed by atoms with Gasteiger partial charge in [-0.05, 0) is 81.1 Å². The Morgan fingerprint density at radius 3 is 2.39 bits per heavy atom. The normalized spacial score (nSPS) is 10.9. The van der Waals surface area contributed by atoms with Crippen molar-refractivity contribution in [2.45, 2.75) is 13.8 Å². The second-order valence-corrected chi connectivity index (χ2v) is 7.65. The van der Waals surface area contributed by atoms with E-state index in [0.717, 1.165) is 11.1 Å². The molecule has 1 amide bonds. The Morgan fingerprint density at radius 2 is 1.86 bits per heavy atom. The van der Waals surface area contributed by atoms with Gasteiger partial charge in [-0.1, -0.05) is 17.7 Å². The van der Waals surface area contributed by atoms with Crippen LogP contribution in [0.1, 0.15) is 16.7 Å². The molecule has 0 aromatic heterocycles. The molecule has 0 saturated heterocycles. The summed E-state index contributed by atoms with van der Waals surface area (Å²) in [5, 5.41) is 20.9. The van der Waals surface area contributed by atoms with Crippen LogP contribution in [0.5, 0.6) is 5.75 Å². The summed E-state index contributed by atoms with van der Waals surface area (Å²) >= 11 is 6.61. The van der Waals surface area contributed by atoms with Crippen LogP contribution in [0.25, 0.3) is 6.08 Å². The maximum atomic E-state index is 12.5. The monoisotopic (exact) mass is 506 g/mol. The van der Waals surface area contributed by atoms with E-state index in [1.165, 1.54) is 6.08 Å². The summed E-state index contributed by atoms with van der Waals surface area (Å²) in [6.45, 7) is 3.34. The van der Waals surface area contributed by atoms with Crippen molar-refractivity contribution in [2.24, 2.45) is 0 Å². The Balaban J connectivity index is 2.27. The van der Waals surface area contributed by atoms with Crippen LogP contribution in [-0.4, -0.2) is 23.6 Å². The van der Waals surface area contributed by atoms with Gasteiger partial charge in [-0.2, -0.15) is 5.26 Å². The quantitative estimate of drug-likeness (QED) is 0.430. The summed E-state index contributed by atoms with van der Waals surface area (Å²) in [7, 11) is 0. The third-order valence-electron chi connectivity index (χ3n) is 3.67. The number of nitrogens with one attached hydrogen (secondary N) is 1. The summed E-state index contributed by atoms with van der Waals surface area (Å²) in [5.74, 6) is -1.30. The zero-order chi connectivity index (χ0) is 20.8. The number of anilines is 1. The maximum absolute atomic E-state index is 12.5. The smallest absolute Gasteiger partial charge is 0.341 e. The van der Waals surface area contributed by atoms with Crippen LogP contribution < -0.4 is 10.1 Å². The van der Waals surface area contributed by atoms with Gasteiger partial charge in [-0.3, -0.25) is 4.79 Å². The van der Waals surface area contributed by atoms with Gasteiger partial charge in [0.05, 0.1) is 8.95 Å². The van der Waals surface area contributed by atoms with Gasteiger partial charge in [0.2, 0.25) is 0 Å². The van der Waals surface area contributed by atoms with E-state index in [9.17, 15) is 14.9 Å². The van der Waals surface area contributed by atoms with Crippen LogP contribution in [0.2, 0.25) is 0 Å². The highest BCUT2D eigenvalue weighted by Gasteiger charge is 2.14. The van der Waals surface area contributed by atoms with E-state index in [-0.39, 0.29) is 5.57 Å². The second kappa shape index (κ2) is 9.53. The first kappa shape index (κ1) is 21.7. The molecule has 2 aromatic rings. The summed E-state index contributed by atoms with van der Waals surface area (Å²) in [6, 6.07) is 10.8. The lowest BCUT2D eigenvalue weighted by Gasteiger charge is -2.10. The average molecular weight is 508 g/mol. The molecule has 6 nitrogen and oxygen atoms in total. The van der Waals surface area contributed by atoms with Gasteiger partial charge in [0.1, 0.15) is 17.4 Å². The number of carbonyl (C=O) groups excluding carboxylic acids is 1. The topological polar surface area (TPSA) is 99.4 Å². The molecule has 0 saturated carbocycles. The molecule has 2 rings (SSSR count). The molecule has 2 aromatic carbocycles. The lowest BCUT2D eigenvalue weighted by atomic mass is 10.1. The highest BCUT2D eigenvalue weighted by molar-refractivity contribution is 9.11. The van der Waals surface area contributed by atoms with Gasteiger partial charge in [0.25, 0.3) is 5.91 Å². The number of carbonyl (C=O) groups is 2. The van der Waals surface area contributed by atoms with Gasteiger partial charge in [-0.25, -0.2) is 4.79 Å². The van der Waals surface area contributed by atoms with Crippen molar-refractivity contribution in [1.29, 1.82) is 5.26 Å². The van der Waals surface area contributed by atoms with Gasteiger partial charge >= 0.3 is 5.97 Å². The number of ether oxygens (including phenoxy) is 1. The zero-order valence-electron chi connectivity index (χ0n) is 15.0. The Morgan fingerprint density at radius 1 is 1.21 bits per heavy atom. The number of aryl methyl sites for hydroxylation is 2. The number of rotatable bonds is 6. The first-order valence-electron chi connectivity index (χ1n) is 8.05. The molecular formula is C20H16Br2N2O4. The SMILES string of the molecule is Cc1ccc(NC(=O)/C(C#N)=C/c2cc(Br)c(OCC(=O)O)c(Br)c2)c(C)c1. The van der Waals surface area contributed by atoms with Crippen molar-refractivity contribution in [3.05, 3.63) is 61.5 Å². The summed E-state index contributed by atoms with van der Waals surface area (Å²) in [5.41, 5.74) is 3.10. The molecule has 0 unspecified atom stereocenters. The van der Waals surface area contributed by atoms with E-state index in [4.69, 9.17) is 9.84 Å². The van der Waals surface area contributed by atoms with Crippen molar-refractivity contribution in [1.82, 2.24) is 0 Å². The van der Waals surface area contributed by atoms with Gasteiger partial charge in [0, 0.05) is 5.69 Å². The standard InChI is InChI=1S/C20H16Br2N2O4/c1-11-3-4-17(12(2)5-11)24-20(27)14(9-23)6-13-7-15(21)19(16(22)8-13)28-10-18(25)26/h3-8H,10H2,1-2H3,(H,24,27)(H,25,26)/b14-6+. The molecule has 0 aliphatic rings. The third-order valence-corrected chi connectivity index (χ3v) is 4.84. The fraction of sp³-hybridized carbons (Fsp3) is 0.150. The Hall–Kier alpha value is -2.63. The number of hydrogen-bond acceptors (Lipinski definition) is 4. The number of aliphatic carboxylic acids is 1. The van der Waals surface area contributed by atoms with Crippen molar-refractivity contribution in [3.63, 3.8) is 0 Å². The number of halogens is 2. The van der Waals surface area contributed by atoms with Crippen LogP contribution in [0.15, 0.2) is 44.9 Å². The number of amides is 1. The van der Waals surface area contributed by atoms with E-state index in [0.29, 0.717) is 25.9 Å². The van der Waals surface area contributed by atoms with Crippen molar-refractivity contribution in [3.8, 4) is 11.8 Å². The lowest BCUT2D eigenvalue weighted by Crippen LogP contribution is -2.14. The minimum atomic E-state index is -1.10. The predicted molar refractivity (Wildman–Crippen MR) is 113 cm³/mol. The van der Waals surface area contributed by atoms with Crippen molar-refractivity contribution < 1.29 is 19.4 Å². The molecule has 0 aliphatic carbocycles. The molecule has 0 spiro atoms. The lowest BCUT2D eigenvalue weighted by molar-refractivity contribution is -0.139. The van der Waals surface area contributed by atoms with Gasteiger partial charge < -0.3 is 15.2 Å². The Kier molecular flexibility index (Phi) is 7.38. The highest BCUT2D eigenvalue weighted by atomic mass is 79.9. The number of carboxylic acid groups (broad SMARTS) is 1. The molecule has 0 aliphatic heterocycles. The number of carboxylic acids is 1. The van der Waals surface area contributed by atoms with Gasteiger partial charge in [0.15, 0.2) is 6.61 Å². The molecule has 2 N–H and O–H groups in total. The molecule has 0 atom stereocenters. The summed E-state index contributed by atoms with van der Waals surface area (Å²) in [4.78, 5) is 23.2. The highest BCUT2D eigenvalue weighted by Crippen LogP contribution is 2.35. The molecule has 0 radical (unpaired) electrons. The van der Waals surface area contributed by atoms with Crippen LogP contribution >= 0.6 is 31.9 Å². The number of nitriles is 1. The first-order chi connectivity index (χ1) is 13.2. The first-order valence-corrected chi connectivity index (χ1v) is 9.64. The third kappa shape index (κ3) is 5.68. The van der Waals surface area contributed by atoms with Crippen LogP contribution in [0.4, 0.5) is 5.69 Å². The van der Waals surface area contributed by atoms with Crippen molar-refractivity contribution in [2.75, 3.05) is 11.9 Å². The largest absolute Gasteiger partial charge is 0.480 e. The maximum Gasteiger partial charge on any atom is 0.341 e. The fourth-order valence-corrected chi connectivity index (χ4v) is 3.84.